The van der Waals surface area contributed by atoms with Crippen molar-refractivity contribution in [3.05, 3.63) is 42.2 Å². The van der Waals surface area contributed by atoms with E-state index in [9.17, 15) is 4.79 Å². The predicted molar refractivity (Wildman–Crippen MR) is 57.8 cm³/mol. The molecule has 0 unspecified atom stereocenters. The monoisotopic (exact) mass is 220 g/mol. The first-order valence-corrected chi connectivity index (χ1v) is 4.69. The number of carboxylic acids is 1. The molecule has 0 aliphatic carbocycles. The normalized spacial score (nSPS) is 10.2. The van der Waals surface area contributed by atoms with Crippen LogP contribution in [0.2, 0.25) is 0 Å². The van der Waals surface area contributed by atoms with Crippen LogP contribution in [0.15, 0.2) is 41.6 Å². The molecule has 0 atom stereocenters. The van der Waals surface area contributed by atoms with E-state index in [1.807, 2.05) is 0 Å². The smallest absolute Gasteiger partial charge is 0.337 e. The molecule has 5 heteroatoms. The van der Waals surface area contributed by atoms with Crippen LogP contribution in [0.5, 0.6) is 0 Å². The van der Waals surface area contributed by atoms with Crippen molar-refractivity contribution in [2.45, 2.75) is 4.90 Å². The van der Waals surface area contributed by atoms with Crippen LogP contribution in [0.25, 0.3) is 5.69 Å². The van der Waals surface area contributed by atoms with Gasteiger partial charge in [0.05, 0.1) is 17.4 Å². The number of hydrogen-bond donors (Lipinski definition) is 2. The second-order valence-electron chi connectivity index (χ2n) is 2.97. The number of aromatic carboxylic acids is 1. The number of carbonyl (C=O) groups is 1. The summed E-state index contributed by atoms with van der Waals surface area (Å²) in [6, 6.07) is 6.68. The summed E-state index contributed by atoms with van der Waals surface area (Å²) >= 11 is 4.11. The average Bonchev–Trinajstić information content (AvgIpc) is 2.65. The molecule has 0 saturated heterocycles. The number of carboxylic acid groups (broad SMARTS) is 1. The maximum Gasteiger partial charge on any atom is 0.337 e. The van der Waals surface area contributed by atoms with Gasteiger partial charge in [-0.3, -0.25) is 0 Å². The molecule has 0 saturated carbocycles. The fourth-order valence-corrected chi connectivity index (χ4v) is 1.46. The van der Waals surface area contributed by atoms with E-state index in [-0.39, 0.29) is 5.56 Å². The standard InChI is InChI=1S/C10H8N2O2S/c13-10(14)8-3-1-2-4-9(8)12-6-7(15)5-11-12/h1-6,15H,(H,13,14). The van der Waals surface area contributed by atoms with Crippen molar-refractivity contribution >= 4 is 18.6 Å². The van der Waals surface area contributed by atoms with E-state index in [2.05, 4.69) is 17.7 Å². The van der Waals surface area contributed by atoms with Crippen molar-refractivity contribution in [2.24, 2.45) is 0 Å². The third-order valence-corrected chi connectivity index (χ3v) is 2.18. The van der Waals surface area contributed by atoms with Crippen LogP contribution in [0, 0.1) is 0 Å². The number of rotatable bonds is 2. The molecule has 0 amide bonds. The Morgan fingerprint density at radius 1 is 1.40 bits per heavy atom. The summed E-state index contributed by atoms with van der Waals surface area (Å²) < 4.78 is 1.49. The summed E-state index contributed by atoms with van der Waals surface area (Å²) in [5.41, 5.74) is 0.749. The molecule has 1 aromatic heterocycles. The second kappa shape index (κ2) is 3.78. The highest BCUT2D eigenvalue weighted by molar-refractivity contribution is 7.80. The van der Waals surface area contributed by atoms with E-state index in [0.717, 1.165) is 0 Å². The average molecular weight is 220 g/mol. The molecule has 0 aliphatic heterocycles. The zero-order valence-corrected chi connectivity index (χ0v) is 8.56. The van der Waals surface area contributed by atoms with E-state index in [0.29, 0.717) is 10.6 Å². The zero-order chi connectivity index (χ0) is 10.8. The highest BCUT2D eigenvalue weighted by atomic mass is 32.1. The van der Waals surface area contributed by atoms with Crippen LogP contribution in [-0.2, 0) is 0 Å². The van der Waals surface area contributed by atoms with E-state index in [1.54, 1.807) is 30.6 Å². The van der Waals surface area contributed by atoms with Gasteiger partial charge >= 0.3 is 5.97 Å². The maximum absolute atomic E-state index is 10.9. The van der Waals surface area contributed by atoms with Crippen LogP contribution in [0.3, 0.4) is 0 Å². The molecule has 2 rings (SSSR count). The molecule has 0 fully saturated rings. The van der Waals surface area contributed by atoms with Crippen molar-refractivity contribution in [3.8, 4) is 5.69 Å². The SMILES string of the molecule is O=C(O)c1ccccc1-n1cc(S)cn1. The van der Waals surface area contributed by atoms with Gasteiger partial charge in [0.2, 0.25) is 0 Å². The molecule has 0 radical (unpaired) electrons. The number of thiol groups is 1. The molecule has 1 N–H and O–H groups in total. The van der Waals surface area contributed by atoms with Gasteiger partial charge in [-0.2, -0.15) is 5.10 Å². The number of aromatic nitrogens is 2. The Morgan fingerprint density at radius 3 is 2.73 bits per heavy atom. The summed E-state index contributed by atoms with van der Waals surface area (Å²) in [6.45, 7) is 0. The van der Waals surface area contributed by atoms with Crippen molar-refractivity contribution in [2.75, 3.05) is 0 Å². The number of para-hydroxylation sites is 1. The summed E-state index contributed by atoms with van der Waals surface area (Å²) in [4.78, 5) is 11.6. The third kappa shape index (κ3) is 1.87. The summed E-state index contributed by atoms with van der Waals surface area (Å²) in [5.74, 6) is -0.971. The van der Waals surface area contributed by atoms with Crippen LogP contribution in [0.1, 0.15) is 10.4 Å². The van der Waals surface area contributed by atoms with Crippen LogP contribution >= 0.6 is 12.6 Å². The highest BCUT2D eigenvalue weighted by Gasteiger charge is 2.10. The van der Waals surface area contributed by atoms with Crippen LogP contribution in [0.4, 0.5) is 0 Å². The van der Waals surface area contributed by atoms with Gasteiger partial charge in [0.15, 0.2) is 0 Å². The summed E-state index contributed by atoms with van der Waals surface area (Å²) in [5, 5.41) is 13.0. The van der Waals surface area contributed by atoms with Gasteiger partial charge in [0, 0.05) is 11.1 Å². The number of nitrogens with zero attached hydrogens (tertiary/aromatic N) is 2. The first-order chi connectivity index (χ1) is 7.18. The zero-order valence-electron chi connectivity index (χ0n) is 7.66. The lowest BCUT2D eigenvalue weighted by Gasteiger charge is -2.04. The predicted octanol–water partition coefficient (Wildman–Crippen LogP) is 1.86. The molecule has 0 spiro atoms. The number of benzene rings is 1. The van der Waals surface area contributed by atoms with Crippen LogP contribution < -0.4 is 0 Å². The van der Waals surface area contributed by atoms with Crippen molar-refractivity contribution in [3.63, 3.8) is 0 Å². The van der Waals surface area contributed by atoms with Gasteiger partial charge < -0.3 is 5.11 Å². The van der Waals surface area contributed by atoms with Crippen molar-refractivity contribution < 1.29 is 9.90 Å². The molecule has 1 aromatic carbocycles. The lowest BCUT2D eigenvalue weighted by Crippen LogP contribution is -2.05. The molecule has 0 aliphatic rings. The summed E-state index contributed by atoms with van der Waals surface area (Å²) in [7, 11) is 0. The van der Waals surface area contributed by atoms with E-state index in [4.69, 9.17) is 5.11 Å². The van der Waals surface area contributed by atoms with Gasteiger partial charge in [-0.05, 0) is 12.1 Å². The topological polar surface area (TPSA) is 55.1 Å². The van der Waals surface area contributed by atoms with E-state index >= 15 is 0 Å². The van der Waals surface area contributed by atoms with Crippen molar-refractivity contribution in [1.29, 1.82) is 0 Å². The van der Waals surface area contributed by atoms with Gasteiger partial charge in [-0.25, -0.2) is 9.48 Å². The Bertz CT molecular complexity index is 508. The minimum atomic E-state index is -0.971. The molecule has 76 valence electrons. The molecular weight excluding hydrogens is 212 g/mol. The van der Waals surface area contributed by atoms with Gasteiger partial charge in [0.1, 0.15) is 0 Å². The highest BCUT2D eigenvalue weighted by Crippen LogP contribution is 2.15. The lowest BCUT2D eigenvalue weighted by atomic mass is 10.2. The molecule has 15 heavy (non-hydrogen) atoms. The molecular formula is C10H8N2O2S. The maximum atomic E-state index is 10.9. The Labute approximate surface area is 91.6 Å². The summed E-state index contributed by atoms with van der Waals surface area (Å²) in [6.07, 6.45) is 3.21. The number of hydrogen-bond acceptors (Lipinski definition) is 3. The minimum Gasteiger partial charge on any atom is -0.478 e. The Balaban J connectivity index is 2.57. The van der Waals surface area contributed by atoms with E-state index < -0.39 is 5.97 Å². The lowest BCUT2D eigenvalue weighted by molar-refractivity contribution is 0.0696. The Morgan fingerprint density at radius 2 is 2.13 bits per heavy atom. The fraction of sp³-hybridized carbons (Fsp3) is 0. The Hall–Kier alpha value is -1.75. The Kier molecular flexibility index (Phi) is 2.47. The van der Waals surface area contributed by atoms with E-state index in [1.165, 1.54) is 10.7 Å². The van der Waals surface area contributed by atoms with Crippen LogP contribution in [-0.4, -0.2) is 20.9 Å². The second-order valence-corrected chi connectivity index (χ2v) is 3.48. The first-order valence-electron chi connectivity index (χ1n) is 4.25. The molecule has 1 heterocycles. The van der Waals surface area contributed by atoms with Gasteiger partial charge in [-0.15, -0.1) is 12.6 Å². The fourth-order valence-electron chi connectivity index (χ4n) is 1.30. The minimum absolute atomic E-state index is 0.217. The third-order valence-electron chi connectivity index (χ3n) is 1.95. The molecule has 0 bridgehead atoms. The van der Waals surface area contributed by atoms with Gasteiger partial charge in [-0.1, -0.05) is 12.1 Å². The largest absolute Gasteiger partial charge is 0.478 e. The van der Waals surface area contributed by atoms with Gasteiger partial charge in [0.25, 0.3) is 0 Å². The molecule has 2 aromatic rings. The quantitative estimate of drug-likeness (QED) is 0.759. The first kappa shape index (κ1) is 9.79. The van der Waals surface area contributed by atoms with Crippen molar-refractivity contribution in [1.82, 2.24) is 9.78 Å². The molecule has 4 nitrogen and oxygen atoms in total.